The molecule has 14 heavy (non-hydrogen) atoms. The maximum Gasteiger partial charge on any atom is 0.293 e. The molecule has 1 aromatic heterocycles. The van der Waals surface area contributed by atoms with Crippen LogP contribution < -0.4 is 5.56 Å². The molecule has 0 aliphatic carbocycles. The van der Waals surface area contributed by atoms with Crippen LogP contribution in [0.5, 0.6) is 5.75 Å². The van der Waals surface area contributed by atoms with Gasteiger partial charge in [-0.05, 0) is 0 Å². The predicted octanol–water partition coefficient (Wildman–Crippen LogP) is 1.14. The van der Waals surface area contributed by atoms with Crippen molar-refractivity contribution in [3.05, 3.63) is 47.0 Å². The summed E-state index contributed by atoms with van der Waals surface area (Å²) in [5.41, 5.74) is 0.490. The van der Waals surface area contributed by atoms with Crippen molar-refractivity contribution in [1.29, 1.82) is 0 Å². The SMILES string of the molecule is O=c1[nH]cnc(-c2ccccc2)c1O. The predicted molar refractivity (Wildman–Crippen MR) is 52.0 cm³/mol. The maximum absolute atomic E-state index is 11.1. The fourth-order valence-corrected chi connectivity index (χ4v) is 1.20. The van der Waals surface area contributed by atoms with Gasteiger partial charge < -0.3 is 10.1 Å². The average molecular weight is 188 g/mol. The first kappa shape index (κ1) is 8.50. The van der Waals surface area contributed by atoms with Crippen LogP contribution in [0.25, 0.3) is 11.3 Å². The first-order valence-electron chi connectivity index (χ1n) is 4.11. The lowest BCUT2D eigenvalue weighted by atomic mass is 10.1. The van der Waals surface area contributed by atoms with Gasteiger partial charge in [0.15, 0.2) is 0 Å². The molecule has 0 saturated heterocycles. The Balaban J connectivity index is 2.64. The highest BCUT2D eigenvalue weighted by Crippen LogP contribution is 2.21. The van der Waals surface area contributed by atoms with Gasteiger partial charge in [-0.15, -0.1) is 0 Å². The molecule has 0 radical (unpaired) electrons. The number of aromatic nitrogens is 2. The monoisotopic (exact) mass is 188 g/mol. The van der Waals surface area contributed by atoms with Crippen molar-refractivity contribution < 1.29 is 5.11 Å². The smallest absolute Gasteiger partial charge is 0.293 e. The van der Waals surface area contributed by atoms with Crippen molar-refractivity contribution in [2.75, 3.05) is 0 Å². The third-order valence-corrected chi connectivity index (χ3v) is 1.88. The van der Waals surface area contributed by atoms with Crippen LogP contribution in [0.2, 0.25) is 0 Å². The number of rotatable bonds is 1. The Morgan fingerprint density at radius 1 is 1.21 bits per heavy atom. The minimum Gasteiger partial charge on any atom is -0.502 e. The van der Waals surface area contributed by atoms with Gasteiger partial charge in [0.05, 0.1) is 6.33 Å². The number of hydrogen-bond acceptors (Lipinski definition) is 3. The lowest BCUT2D eigenvalue weighted by Gasteiger charge is -2.00. The zero-order valence-corrected chi connectivity index (χ0v) is 7.27. The van der Waals surface area contributed by atoms with E-state index in [4.69, 9.17) is 0 Å². The normalized spacial score (nSPS) is 10.0. The molecule has 4 nitrogen and oxygen atoms in total. The summed E-state index contributed by atoms with van der Waals surface area (Å²) in [6.45, 7) is 0. The Morgan fingerprint density at radius 2 is 1.93 bits per heavy atom. The maximum atomic E-state index is 11.1. The Labute approximate surface area is 79.9 Å². The summed E-state index contributed by atoms with van der Waals surface area (Å²) in [4.78, 5) is 17.3. The topological polar surface area (TPSA) is 66.0 Å². The minimum absolute atomic E-state index is 0.300. The van der Waals surface area contributed by atoms with E-state index in [-0.39, 0.29) is 5.75 Å². The van der Waals surface area contributed by atoms with Crippen LogP contribution in [-0.4, -0.2) is 15.1 Å². The van der Waals surface area contributed by atoms with E-state index >= 15 is 0 Å². The van der Waals surface area contributed by atoms with Crippen molar-refractivity contribution in [2.45, 2.75) is 0 Å². The Kier molecular flexibility index (Phi) is 2.02. The van der Waals surface area contributed by atoms with Crippen molar-refractivity contribution in [2.24, 2.45) is 0 Å². The molecular weight excluding hydrogens is 180 g/mol. The van der Waals surface area contributed by atoms with Gasteiger partial charge in [0.2, 0.25) is 5.75 Å². The van der Waals surface area contributed by atoms with Crippen LogP contribution in [0, 0.1) is 0 Å². The molecular formula is C10H8N2O2. The molecule has 0 fully saturated rings. The molecule has 0 spiro atoms. The van der Waals surface area contributed by atoms with E-state index < -0.39 is 5.56 Å². The fraction of sp³-hybridized carbons (Fsp3) is 0. The number of nitrogens with one attached hydrogen (secondary N) is 1. The van der Waals surface area contributed by atoms with Crippen LogP contribution in [-0.2, 0) is 0 Å². The third kappa shape index (κ3) is 1.37. The second-order valence-electron chi connectivity index (χ2n) is 2.79. The van der Waals surface area contributed by atoms with E-state index in [1.165, 1.54) is 6.33 Å². The third-order valence-electron chi connectivity index (χ3n) is 1.88. The highest BCUT2D eigenvalue weighted by atomic mass is 16.3. The lowest BCUT2D eigenvalue weighted by molar-refractivity contribution is 0.466. The Hall–Kier alpha value is -2.10. The molecule has 4 heteroatoms. The van der Waals surface area contributed by atoms with Gasteiger partial charge >= 0.3 is 0 Å². The molecule has 2 N–H and O–H groups in total. The zero-order valence-electron chi connectivity index (χ0n) is 7.27. The molecule has 0 aliphatic heterocycles. The van der Waals surface area contributed by atoms with Gasteiger partial charge in [0, 0.05) is 5.56 Å². The second kappa shape index (κ2) is 3.33. The highest BCUT2D eigenvalue weighted by Gasteiger charge is 2.07. The summed E-state index contributed by atoms with van der Waals surface area (Å²) in [5, 5.41) is 9.44. The van der Waals surface area contributed by atoms with Gasteiger partial charge in [0.1, 0.15) is 5.69 Å². The van der Waals surface area contributed by atoms with Crippen LogP contribution in [0.1, 0.15) is 0 Å². The van der Waals surface area contributed by atoms with Crippen LogP contribution >= 0.6 is 0 Å². The highest BCUT2D eigenvalue weighted by molar-refractivity contribution is 5.64. The molecule has 1 heterocycles. The molecule has 2 rings (SSSR count). The summed E-state index contributed by atoms with van der Waals surface area (Å²) < 4.78 is 0. The molecule has 1 aromatic carbocycles. The summed E-state index contributed by atoms with van der Waals surface area (Å²) >= 11 is 0. The average Bonchev–Trinajstić information content (AvgIpc) is 2.23. The van der Waals surface area contributed by atoms with E-state index in [0.29, 0.717) is 5.69 Å². The fourth-order valence-electron chi connectivity index (χ4n) is 1.20. The van der Waals surface area contributed by atoms with Crippen LogP contribution in [0.4, 0.5) is 0 Å². The van der Waals surface area contributed by atoms with E-state index in [9.17, 15) is 9.90 Å². The van der Waals surface area contributed by atoms with Crippen molar-refractivity contribution in [3.63, 3.8) is 0 Å². The minimum atomic E-state index is -0.529. The molecule has 0 amide bonds. The number of aromatic amines is 1. The molecule has 0 atom stereocenters. The van der Waals surface area contributed by atoms with Gasteiger partial charge in [-0.25, -0.2) is 4.98 Å². The van der Waals surface area contributed by atoms with Crippen molar-refractivity contribution >= 4 is 0 Å². The molecule has 2 aromatic rings. The Bertz CT molecular complexity index is 491. The van der Waals surface area contributed by atoms with Crippen molar-refractivity contribution in [1.82, 2.24) is 9.97 Å². The lowest BCUT2D eigenvalue weighted by Crippen LogP contribution is -2.06. The quantitative estimate of drug-likeness (QED) is 0.705. The van der Waals surface area contributed by atoms with Gasteiger partial charge in [-0.1, -0.05) is 30.3 Å². The first-order chi connectivity index (χ1) is 6.79. The standard InChI is InChI=1S/C10H8N2O2/c13-9-8(11-6-12-10(9)14)7-4-2-1-3-5-7/h1-6,13H,(H,11,12,14). The summed E-state index contributed by atoms with van der Waals surface area (Å²) in [6.07, 6.45) is 1.27. The van der Waals surface area contributed by atoms with Gasteiger partial charge in [0.25, 0.3) is 5.56 Å². The van der Waals surface area contributed by atoms with Crippen LogP contribution in [0.3, 0.4) is 0 Å². The molecule has 0 unspecified atom stereocenters. The second-order valence-corrected chi connectivity index (χ2v) is 2.79. The largest absolute Gasteiger partial charge is 0.502 e. The molecule has 0 bridgehead atoms. The number of hydrogen-bond donors (Lipinski definition) is 2. The molecule has 70 valence electrons. The number of aromatic hydroxyl groups is 1. The molecule has 0 saturated carbocycles. The van der Waals surface area contributed by atoms with Crippen molar-refractivity contribution in [3.8, 4) is 17.0 Å². The van der Waals surface area contributed by atoms with Gasteiger partial charge in [-0.2, -0.15) is 0 Å². The number of nitrogens with zero attached hydrogens (tertiary/aromatic N) is 1. The van der Waals surface area contributed by atoms with E-state index in [1.54, 1.807) is 12.1 Å². The zero-order chi connectivity index (χ0) is 9.97. The first-order valence-corrected chi connectivity index (χ1v) is 4.11. The Morgan fingerprint density at radius 3 is 2.64 bits per heavy atom. The summed E-state index contributed by atoms with van der Waals surface area (Å²) in [6, 6.07) is 9.05. The number of benzene rings is 1. The van der Waals surface area contributed by atoms with E-state index in [0.717, 1.165) is 5.56 Å². The van der Waals surface area contributed by atoms with E-state index in [1.807, 2.05) is 18.2 Å². The van der Waals surface area contributed by atoms with E-state index in [2.05, 4.69) is 9.97 Å². The molecule has 0 aliphatic rings. The van der Waals surface area contributed by atoms with Crippen LogP contribution in [0.15, 0.2) is 41.5 Å². The summed E-state index contributed by atoms with van der Waals surface area (Å²) in [7, 11) is 0. The number of H-pyrrole nitrogens is 1. The van der Waals surface area contributed by atoms with Gasteiger partial charge in [-0.3, -0.25) is 4.79 Å². The summed E-state index contributed by atoms with van der Waals surface area (Å²) in [5.74, 6) is -0.348.